The summed E-state index contributed by atoms with van der Waals surface area (Å²) < 4.78 is 0. The number of carbonyl (C=O) groups is 2. The van der Waals surface area contributed by atoms with Crippen LogP contribution in [0, 0.1) is 0 Å². The molecule has 0 rings (SSSR count). The Labute approximate surface area is 82.5 Å². The molecule has 6 heteroatoms. The van der Waals surface area contributed by atoms with E-state index in [1.807, 2.05) is 13.8 Å². The molecule has 0 saturated carbocycles. The van der Waals surface area contributed by atoms with Crippen LogP contribution in [-0.2, 0) is 4.79 Å². The summed E-state index contributed by atoms with van der Waals surface area (Å²) in [6, 6.07) is 0.260. The third-order valence-electron chi connectivity index (χ3n) is 1.53. The minimum absolute atomic E-state index is 0.180. The normalized spacial score (nSPS) is 10.2. The van der Waals surface area contributed by atoms with Gasteiger partial charge in [0.05, 0.1) is 0 Å². The fraction of sp³-hybridized carbons (Fsp3) is 0.750. The Hall–Kier alpha value is -1.30. The van der Waals surface area contributed by atoms with E-state index in [1.54, 1.807) is 0 Å². The number of nitrogens with zero attached hydrogens (tertiary/aromatic N) is 1. The van der Waals surface area contributed by atoms with Crippen LogP contribution < -0.4 is 5.32 Å². The minimum Gasteiger partial charge on any atom is -0.480 e. The van der Waals surface area contributed by atoms with Gasteiger partial charge in [-0.3, -0.25) is 9.69 Å². The van der Waals surface area contributed by atoms with Gasteiger partial charge in [0.1, 0.15) is 6.54 Å². The molecular formula is C8H16N2O4. The summed E-state index contributed by atoms with van der Waals surface area (Å²) in [5.74, 6) is -1.14. The molecular weight excluding hydrogens is 188 g/mol. The molecule has 0 saturated heterocycles. The summed E-state index contributed by atoms with van der Waals surface area (Å²) in [7, 11) is 0. The van der Waals surface area contributed by atoms with Crippen LogP contribution in [0.1, 0.15) is 13.8 Å². The second-order valence-electron chi connectivity index (χ2n) is 3.21. The maximum Gasteiger partial charge on any atom is 0.407 e. The highest BCUT2D eigenvalue weighted by molar-refractivity contribution is 5.75. The summed E-state index contributed by atoms with van der Waals surface area (Å²) in [6.07, 6.45) is -1.21. The quantitative estimate of drug-likeness (QED) is 0.568. The molecule has 1 amide bonds. The maximum absolute atomic E-state index is 10.5. The van der Waals surface area contributed by atoms with Crippen LogP contribution in [0.5, 0.6) is 0 Å². The Morgan fingerprint density at radius 1 is 1.36 bits per heavy atom. The summed E-state index contributed by atoms with van der Waals surface area (Å²) in [5, 5.41) is 20.0. The van der Waals surface area contributed by atoms with Crippen LogP contribution >= 0.6 is 0 Å². The highest BCUT2D eigenvalue weighted by atomic mass is 16.4. The van der Waals surface area contributed by atoms with E-state index in [-0.39, 0.29) is 12.6 Å². The zero-order chi connectivity index (χ0) is 11.1. The van der Waals surface area contributed by atoms with Gasteiger partial charge in [-0.05, 0) is 0 Å². The zero-order valence-corrected chi connectivity index (χ0v) is 8.36. The van der Waals surface area contributed by atoms with Crippen molar-refractivity contribution in [1.82, 2.24) is 10.2 Å². The average Bonchev–Trinajstić information content (AvgIpc) is 2.00. The van der Waals surface area contributed by atoms with Gasteiger partial charge in [-0.15, -0.1) is 0 Å². The summed E-state index contributed by atoms with van der Waals surface area (Å²) in [5.41, 5.74) is 0. The smallest absolute Gasteiger partial charge is 0.407 e. The summed E-state index contributed by atoms with van der Waals surface area (Å²) in [4.78, 5) is 21.7. The van der Waals surface area contributed by atoms with Gasteiger partial charge in [0.15, 0.2) is 0 Å². The zero-order valence-electron chi connectivity index (χ0n) is 8.36. The molecule has 0 aromatic carbocycles. The highest BCUT2D eigenvalue weighted by Crippen LogP contribution is 1.88. The predicted octanol–water partition coefficient (Wildman–Crippen LogP) is 0.0490. The van der Waals surface area contributed by atoms with Gasteiger partial charge in [0.2, 0.25) is 0 Å². The molecule has 6 nitrogen and oxygen atoms in total. The Bertz CT molecular complexity index is 206. The number of carboxylic acids is 1. The fourth-order valence-corrected chi connectivity index (χ4v) is 0.894. The monoisotopic (exact) mass is 204 g/mol. The van der Waals surface area contributed by atoms with Crippen LogP contribution in [-0.4, -0.2) is 52.9 Å². The van der Waals surface area contributed by atoms with Crippen molar-refractivity contribution >= 4 is 12.1 Å². The van der Waals surface area contributed by atoms with E-state index in [1.165, 1.54) is 0 Å². The van der Waals surface area contributed by atoms with Crippen molar-refractivity contribution in [3.05, 3.63) is 0 Å². The molecule has 0 aromatic rings. The van der Waals surface area contributed by atoms with Gasteiger partial charge in [-0.1, -0.05) is 13.8 Å². The van der Waals surface area contributed by atoms with Crippen molar-refractivity contribution in [2.45, 2.75) is 19.9 Å². The second kappa shape index (κ2) is 6.20. The van der Waals surface area contributed by atoms with Crippen LogP contribution in [0.2, 0.25) is 0 Å². The molecule has 0 atom stereocenters. The van der Waals surface area contributed by atoms with Crippen molar-refractivity contribution in [2.24, 2.45) is 0 Å². The number of carboxylic acid groups (broad SMARTS) is 2. The summed E-state index contributed by atoms with van der Waals surface area (Å²) >= 11 is 0. The Morgan fingerprint density at radius 2 is 1.93 bits per heavy atom. The molecule has 0 aliphatic carbocycles. The lowest BCUT2D eigenvalue weighted by atomic mass is 10.4. The van der Waals surface area contributed by atoms with Crippen molar-refractivity contribution < 1.29 is 19.8 Å². The third kappa shape index (κ3) is 6.24. The van der Waals surface area contributed by atoms with E-state index in [0.29, 0.717) is 6.54 Å². The molecule has 0 bridgehead atoms. The van der Waals surface area contributed by atoms with Crippen molar-refractivity contribution in [3.8, 4) is 0 Å². The molecule has 0 fully saturated rings. The van der Waals surface area contributed by atoms with Gasteiger partial charge in [-0.2, -0.15) is 0 Å². The van der Waals surface area contributed by atoms with Gasteiger partial charge in [0.25, 0.3) is 0 Å². The molecule has 3 N–H and O–H groups in total. The maximum atomic E-state index is 10.5. The number of aliphatic carboxylic acids is 1. The molecule has 0 unspecified atom stereocenters. The molecule has 0 aliphatic heterocycles. The lowest BCUT2D eigenvalue weighted by Gasteiger charge is -2.17. The molecule has 0 spiro atoms. The first kappa shape index (κ1) is 12.7. The van der Waals surface area contributed by atoms with Gasteiger partial charge in [0, 0.05) is 19.1 Å². The largest absolute Gasteiger partial charge is 0.480 e. The number of amides is 1. The van der Waals surface area contributed by atoms with Crippen LogP contribution in [0.15, 0.2) is 0 Å². The first-order valence-corrected chi connectivity index (χ1v) is 4.36. The van der Waals surface area contributed by atoms with E-state index < -0.39 is 18.6 Å². The van der Waals surface area contributed by atoms with E-state index in [9.17, 15) is 9.59 Å². The molecule has 0 radical (unpaired) electrons. The molecule has 82 valence electrons. The first-order chi connectivity index (χ1) is 6.43. The van der Waals surface area contributed by atoms with Crippen molar-refractivity contribution in [2.75, 3.05) is 19.6 Å². The third-order valence-corrected chi connectivity index (χ3v) is 1.53. The highest BCUT2D eigenvalue weighted by Gasteiger charge is 2.14. The number of nitrogens with one attached hydrogen (secondary N) is 1. The van der Waals surface area contributed by atoms with Gasteiger partial charge < -0.3 is 15.5 Å². The fourth-order valence-electron chi connectivity index (χ4n) is 0.894. The Morgan fingerprint density at radius 3 is 2.29 bits per heavy atom. The first-order valence-electron chi connectivity index (χ1n) is 4.36. The second-order valence-corrected chi connectivity index (χ2v) is 3.21. The van der Waals surface area contributed by atoms with E-state index in [2.05, 4.69) is 5.32 Å². The Kier molecular flexibility index (Phi) is 5.62. The molecule has 14 heavy (non-hydrogen) atoms. The van der Waals surface area contributed by atoms with Crippen LogP contribution in [0.25, 0.3) is 0 Å². The number of rotatable bonds is 6. The molecule has 0 aromatic heterocycles. The summed E-state index contributed by atoms with van der Waals surface area (Å²) in [6.45, 7) is 4.02. The van der Waals surface area contributed by atoms with Crippen LogP contribution in [0.4, 0.5) is 4.79 Å². The minimum atomic E-state index is -1.21. The van der Waals surface area contributed by atoms with E-state index in [4.69, 9.17) is 10.2 Å². The van der Waals surface area contributed by atoms with Gasteiger partial charge in [-0.25, -0.2) is 4.79 Å². The van der Waals surface area contributed by atoms with Crippen molar-refractivity contribution in [1.29, 1.82) is 0 Å². The van der Waals surface area contributed by atoms with Gasteiger partial charge >= 0.3 is 12.1 Å². The van der Waals surface area contributed by atoms with E-state index in [0.717, 1.165) is 4.90 Å². The lowest BCUT2D eigenvalue weighted by molar-refractivity contribution is -0.137. The number of hydrogen-bond acceptors (Lipinski definition) is 3. The van der Waals surface area contributed by atoms with Crippen LogP contribution in [0.3, 0.4) is 0 Å². The standard InChI is InChI=1S/C8H16N2O4/c1-6(2)9-3-4-10(8(13)14)5-7(11)12/h6,9H,3-5H2,1-2H3,(H,11,12)(H,13,14). The molecule has 0 aliphatic rings. The van der Waals surface area contributed by atoms with E-state index >= 15 is 0 Å². The Balaban J connectivity index is 3.86. The number of hydrogen-bond donors (Lipinski definition) is 3. The SMILES string of the molecule is CC(C)NCCN(CC(=O)O)C(=O)O. The average molecular weight is 204 g/mol. The lowest BCUT2D eigenvalue weighted by Crippen LogP contribution is -2.40. The molecule has 0 heterocycles. The topological polar surface area (TPSA) is 89.9 Å². The van der Waals surface area contributed by atoms with Crippen molar-refractivity contribution in [3.63, 3.8) is 0 Å². The predicted molar refractivity (Wildman–Crippen MR) is 50.4 cm³/mol.